The van der Waals surface area contributed by atoms with Gasteiger partial charge in [-0.1, -0.05) is 6.92 Å². The Morgan fingerprint density at radius 3 is 1.86 bits per heavy atom. The van der Waals surface area contributed by atoms with E-state index in [4.69, 9.17) is 10.5 Å². The zero-order valence-electron chi connectivity index (χ0n) is 4.98. The highest BCUT2D eigenvalue weighted by Gasteiger charge is 1.55. The second kappa shape index (κ2) is 17.4. The van der Waals surface area contributed by atoms with Gasteiger partial charge in [0, 0.05) is 0 Å². The van der Waals surface area contributed by atoms with Gasteiger partial charge in [-0.05, 0) is 19.9 Å². The molecule has 0 saturated heterocycles. The third-order valence-corrected chi connectivity index (χ3v) is 0.289. The first-order chi connectivity index (χ1) is 3.33. The van der Waals surface area contributed by atoms with Gasteiger partial charge in [-0.3, -0.25) is 0 Å². The predicted octanol–water partition coefficient (Wildman–Crippen LogP) is 0.560. The summed E-state index contributed by atoms with van der Waals surface area (Å²) in [7, 11) is 0. The Kier molecular flexibility index (Phi) is 24.4. The van der Waals surface area contributed by atoms with E-state index in [2.05, 4.69) is 6.92 Å². The Balaban J connectivity index is 0. The summed E-state index contributed by atoms with van der Waals surface area (Å²) in [6.45, 7) is 4.32. The quantitative estimate of drug-likeness (QED) is 0.493. The van der Waals surface area contributed by atoms with Crippen molar-refractivity contribution >= 4 is 6.29 Å². The molecule has 0 aromatic rings. The van der Waals surface area contributed by atoms with Gasteiger partial charge in [-0.15, -0.1) is 0 Å². The predicted molar refractivity (Wildman–Crippen MR) is 31.1 cm³/mol. The van der Waals surface area contributed by atoms with Crippen molar-refractivity contribution in [1.29, 1.82) is 0 Å². The lowest BCUT2D eigenvalue weighted by atomic mass is 10.5. The summed E-state index contributed by atoms with van der Waals surface area (Å²) in [5.41, 5.74) is 5.03. The molecule has 0 aliphatic rings. The summed E-state index contributed by atoms with van der Waals surface area (Å²) in [6.07, 6.45) is 1.85. The van der Waals surface area contributed by atoms with Crippen LogP contribution >= 0.6 is 0 Å². The standard InChI is InChI=1S/C3H9N.C2H4O/c1-2-3-4;1-2-3/h2-4H2,1H3;2H,1H3. The number of rotatable bonds is 1. The maximum Gasteiger partial charge on any atom is 0.116 e. The molecule has 0 fully saturated rings. The van der Waals surface area contributed by atoms with Crippen molar-refractivity contribution in [2.45, 2.75) is 20.3 Å². The van der Waals surface area contributed by atoms with E-state index < -0.39 is 0 Å². The van der Waals surface area contributed by atoms with Crippen LogP contribution in [0.4, 0.5) is 0 Å². The van der Waals surface area contributed by atoms with Gasteiger partial charge in [0.05, 0.1) is 0 Å². The highest BCUT2D eigenvalue weighted by atomic mass is 16.1. The molecule has 0 spiro atoms. The van der Waals surface area contributed by atoms with Crippen LogP contribution < -0.4 is 5.73 Å². The third-order valence-electron chi connectivity index (χ3n) is 0.289. The molecule has 0 heterocycles. The Hall–Kier alpha value is -0.370. The van der Waals surface area contributed by atoms with Crippen molar-refractivity contribution < 1.29 is 4.79 Å². The van der Waals surface area contributed by atoms with Crippen molar-refractivity contribution in [3.05, 3.63) is 0 Å². The molecule has 2 heteroatoms. The molecule has 44 valence electrons. The number of carbonyl (C=O) groups excluding carboxylic acids is 1. The molecule has 7 heavy (non-hydrogen) atoms. The van der Waals surface area contributed by atoms with Crippen LogP contribution in [0.25, 0.3) is 0 Å². The Labute approximate surface area is 44.7 Å². The summed E-state index contributed by atoms with van der Waals surface area (Å²) in [4.78, 5) is 8.81. The minimum Gasteiger partial charge on any atom is -0.330 e. The molecule has 0 aromatic carbocycles. The van der Waals surface area contributed by atoms with Gasteiger partial charge in [0.2, 0.25) is 0 Å². The molecule has 0 atom stereocenters. The van der Waals surface area contributed by atoms with E-state index in [0.717, 1.165) is 19.3 Å². The van der Waals surface area contributed by atoms with E-state index in [9.17, 15) is 0 Å². The summed E-state index contributed by atoms with van der Waals surface area (Å²) >= 11 is 0. The molecule has 0 rings (SSSR count). The first-order valence-electron chi connectivity index (χ1n) is 2.43. The zero-order chi connectivity index (χ0) is 6.12. The fourth-order valence-electron chi connectivity index (χ4n) is 0. The average molecular weight is 103 g/mol. The van der Waals surface area contributed by atoms with Crippen LogP contribution in [0, 0.1) is 0 Å². The van der Waals surface area contributed by atoms with Crippen LogP contribution in [0.1, 0.15) is 20.3 Å². The minimum absolute atomic E-state index is 0.750. The minimum atomic E-state index is 0.750. The molecule has 0 bridgehead atoms. The monoisotopic (exact) mass is 103 g/mol. The van der Waals surface area contributed by atoms with Gasteiger partial charge < -0.3 is 10.5 Å². The molecule has 0 aliphatic carbocycles. The lowest BCUT2D eigenvalue weighted by molar-refractivity contribution is -0.106. The van der Waals surface area contributed by atoms with E-state index >= 15 is 0 Å². The molecule has 2 N–H and O–H groups in total. The van der Waals surface area contributed by atoms with Gasteiger partial charge in [-0.2, -0.15) is 0 Å². The Morgan fingerprint density at radius 1 is 1.71 bits per heavy atom. The molecule has 0 aromatic heterocycles. The van der Waals surface area contributed by atoms with Crippen LogP contribution in [0.3, 0.4) is 0 Å². The zero-order valence-corrected chi connectivity index (χ0v) is 4.98. The van der Waals surface area contributed by atoms with E-state index in [1.165, 1.54) is 6.92 Å². The molecular formula is C5H13NO. The van der Waals surface area contributed by atoms with Crippen molar-refractivity contribution in [2.75, 3.05) is 6.54 Å². The summed E-state index contributed by atoms with van der Waals surface area (Å²) in [5, 5.41) is 0. The smallest absolute Gasteiger partial charge is 0.116 e. The van der Waals surface area contributed by atoms with Gasteiger partial charge in [0.25, 0.3) is 0 Å². The highest BCUT2D eigenvalue weighted by Crippen LogP contribution is 1.57. The summed E-state index contributed by atoms with van der Waals surface area (Å²) < 4.78 is 0. The lowest BCUT2D eigenvalue weighted by Crippen LogP contribution is -1.93. The van der Waals surface area contributed by atoms with Gasteiger partial charge in [0.1, 0.15) is 6.29 Å². The number of carbonyl (C=O) groups is 1. The van der Waals surface area contributed by atoms with Crippen molar-refractivity contribution in [3.8, 4) is 0 Å². The van der Waals surface area contributed by atoms with E-state index in [0.29, 0.717) is 0 Å². The first kappa shape index (κ1) is 9.80. The van der Waals surface area contributed by atoms with Crippen molar-refractivity contribution in [1.82, 2.24) is 0 Å². The lowest BCUT2D eigenvalue weighted by Gasteiger charge is -1.70. The van der Waals surface area contributed by atoms with E-state index in [1.807, 2.05) is 0 Å². The fraction of sp³-hybridized carbons (Fsp3) is 0.800. The van der Waals surface area contributed by atoms with Gasteiger partial charge in [-0.25, -0.2) is 0 Å². The van der Waals surface area contributed by atoms with Crippen LogP contribution in [-0.2, 0) is 4.79 Å². The number of nitrogens with two attached hydrogens (primary N) is 1. The largest absolute Gasteiger partial charge is 0.330 e. The number of hydrogen-bond acceptors (Lipinski definition) is 2. The molecule has 0 unspecified atom stereocenters. The fourth-order valence-corrected chi connectivity index (χ4v) is 0. The molecular weight excluding hydrogens is 90.1 g/mol. The van der Waals surface area contributed by atoms with Gasteiger partial charge in [0.15, 0.2) is 0 Å². The summed E-state index contributed by atoms with van der Waals surface area (Å²) in [5.74, 6) is 0. The molecule has 0 saturated carbocycles. The topological polar surface area (TPSA) is 43.1 Å². The van der Waals surface area contributed by atoms with Gasteiger partial charge >= 0.3 is 0 Å². The molecule has 2 nitrogen and oxygen atoms in total. The average Bonchev–Trinajstić information content (AvgIpc) is 1.69. The third kappa shape index (κ3) is 187. The second-order valence-corrected chi connectivity index (χ2v) is 1.02. The SMILES string of the molecule is CC=O.CCCN. The number of aldehydes is 1. The summed E-state index contributed by atoms with van der Waals surface area (Å²) in [6, 6.07) is 0. The molecule has 0 amide bonds. The second-order valence-electron chi connectivity index (χ2n) is 1.02. The van der Waals surface area contributed by atoms with Crippen LogP contribution in [0.5, 0.6) is 0 Å². The van der Waals surface area contributed by atoms with Crippen LogP contribution in [0.15, 0.2) is 0 Å². The Morgan fingerprint density at radius 2 is 1.86 bits per heavy atom. The maximum atomic E-state index is 8.81. The highest BCUT2D eigenvalue weighted by molar-refractivity contribution is 5.44. The van der Waals surface area contributed by atoms with Crippen LogP contribution in [-0.4, -0.2) is 12.8 Å². The normalized spacial score (nSPS) is 6.14. The van der Waals surface area contributed by atoms with Crippen molar-refractivity contribution in [3.63, 3.8) is 0 Å². The van der Waals surface area contributed by atoms with E-state index in [1.54, 1.807) is 0 Å². The maximum absolute atomic E-state index is 8.81. The molecule has 0 radical (unpaired) electrons. The first-order valence-corrected chi connectivity index (χ1v) is 2.43. The number of hydrogen-bond donors (Lipinski definition) is 1. The van der Waals surface area contributed by atoms with E-state index in [-0.39, 0.29) is 0 Å². The molecule has 0 aliphatic heterocycles. The van der Waals surface area contributed by atoms with Crippen LogP contribution in [0.2, 0.25) is 0 Å². The Bertz CT molecular complexity index is 27.3. The van der Waals surface area contributed by atoms with Crippen molar-refractivity contribution in [2.24, 2.45) is 5.73 Å².